The second-order valence-corrected chi connectivity index (χ2v) is 6.68. The molecule has 0 atom stereocenters. The first-order valence-electron chi connectivity index (χ1n) is 8.32. The first kappa shape index (κ1) is 17.3. The largest absolute Gasteiger partial charge is 0.482 e. The van der Waals surface area contributed by atoms with Crippen molar-refractivity contribution in [2.75, 3.05) is 25.0 Å². The minimum atomic E-state index is -0.429. The minimum Gasteiger partial charge on any atom is -0.482 e. The van der Waals surface area contributed by atoms with E-state index in [-0.39, 0.29) is 24.3 Å². The highest BCUT2D eigenvalue weighted by Gasteiger charge is 2.46. The molecule has 3 rings (SSSR count). The van der Waals surface area contributed by atoms with Crippen molar-refractivity contribution in [1.82, 2.24) is 0 Å². The monoisotopic (exact) mass is 346 g/mol. The SMILES string of the molecule is CC[N+]1=CC/1=C(/OCC1(CN=O)CC1)C(=O)Nc1cc(C)cc(F)c1. The molecule has 0 bridgehead atoms. The molecule has 2 aliphatic rings. The van der Waals surface area contributed by atoms with E-state index in [9.17, 15) is 14.1 Å². The van der Waals surface area contributed by atoms with Crippen molar-refractivity contribution in [3.63, 3.8) is 0 Å². The van der Waals surface area contributed by atoms with Crippen LogP contribution >= 0.6 is 0 Å². The van der Waals surface area contributed by atoms with Crippen LogP contribution in [0.25, 0.3) is 0 Å². The molecule has 1 aromatic carbocycles. The Hall–Kier alpha value is -2.57. The predicted octanol–water partition coefficient (Wildman–Crippen LogP) is 2.96. The van der Waals surface area contributed by atoms with Gasteiger partial charge in [0.15, 0.2) is 0 Å². The lowest BCUT2D eigenvalue weighted by Gasteiger charge is -2.14. The molecule has 0 aromatic heterocycles. The van der Waals surface area contributed by atoms with Crippen molar-refractivity contribution >= 4 is 17.8 Å². The van der Waals surface area contributed by atoms with E-state index in [2.05, 4.69) is 10.5 Å². The normalized spacial score (nSPS) is 18.9. The number of rotatable bonds is 8. The van der Waals surface area contributed by atoms with E-state index in [1.807, 2.05) is 17.7 Å². The molecule has 0 spiro atoms. The van der Waals surface area contributed by atoms with E-state index >= 15 is 0 Å². The Bertz CT molecular complexity index is 762. The van der Waals surface area contributed by atoms with Crippen LogP contribution in [0.2, 0.25) is 0 Å². The van der Waals surface area contributed by atoms with Crippen molar-refractivity contribution in [2.24, 2.45) is 10.6 Å². The van der Waals surface area contributed by atoms with E-state index in [0.717, 1.165) is 19.4 Å². The van der Waals surface area contributed by atoms with Crippen molar-refractivity contribution in [3.8, 4) is 0 Å². The van der Waals surface area contributed by atoms with Crippen LogP contribution < -0.4 is 5.32 Å². The van der Waals surface area contributed by atoms with Crippen LogP contribution in [-0.4, -0.2) is 36.4 Å². The van der Waals surface area contributed by atoms with Gasteiger partial charge in [0.2, 0.25) is 6.21 Å². The molecule has 0 saturated heterocycles. The van der Waals surface area contributed by atoms with E-state index in [1.165, 1.54) is 12.1 Å². The van der Waals surface area contributed by atoms with Crippen LogP contribution in [0.5, 0.6) is 0 Å². The number of nitroso groups, excluding NO2 is 1. The number of halogens is 1. The zero-order chi connectivity index (χ0) is 18.0. The summed E-state index contributed by atoms with van der Waals surface area (Å²) in [4.78, 5) is 23.2. The summed E-state index contributed by atoms with van der Waals surface area (Å²) in [5.41, 5.74) is 1.56. The fourth-order valence-electron chi connectivity index (χ4n) is 2.71. The highest BCUT2D eigenvalue weighted by molar-refractivity contribution is 6.06. The van der Waals surface area contributed by atoms with Gasteiger partial charge in [0.05, 0.1) is 13.2 Å². The molecule has 1 aliphatic carbocycles. The standard InChI is InChI=1S/C18H20FN3O3/c1-3-22-9-15(22)16(25-11-18(4-5-18)10-20-24)17(23)21-14-7-12(2)6-13(19)8-14/h6-9H,3-5,10-11H2,1-2H3/p+1/b16-15-. The summed E-state index contributed by atoms with van der Waals surface area (Å²) in [5.74, 6) is -0.643. The van der Waals surface area contributed by atoms with Crippen LogP contribution in [0.1, 0.15) is 25.3 Å². The molecule has 1 heterocycles. The maximum atomic E-state index is 13.5. The molecule has 25 heavy (non-hydrogen) atoms. The number of nitrogens with one attached hydrogen (secondary N) is 1. The number of amides is 1. The molecule has 1 fully saturated rings. The summed E-state index contributed by atoms with van der Waals surface area (Å²) in [6, 6.07) is 4.35. The number of hydrogen-bond acceptors (Lipinski definition) is 4. The molecule has 1 N–H and O–H groups in total. The van der Waals surface area contributed by atoms with Gasteiger partial charge in [0, 0.05) is 11.1 Å². The van der Waals surface area contributed by atoms with Crippen molar-refractivity contribution < 1.29 is 18.5 Å². The Kier molecular flexibility index (Phi) is 4.65. The third-order valence-electron chi connectivity index (χ3n) is 4.48. The van der Waals surface area contributed by atoms with Crippen molar-refractivity contribution in [3.05, 3.63) is 45.9 Å². The number of benzene rings is 1. The van der Waals surface area contributed by atoms with Gasteiger partial charge in [0.1, 0.15) is 12.4 Å². The van der Waals surface area contributed by atoms with Crippen molar-refractivity contribution in [2.45, 2.75) is 26.7 Å². The molecular weight excluding hydrogens is 325 g/mol. The molecule has 1 amide bonds. The number of ether oxygens (including phenoxy) is 1. The lowest BCUT2D eigenvalue weighted by Crippen LogP contribution is -2.22. The van der Waals surface area contributed by atoms with Gasteiger partial charge in [-0.1, -0.05) is 5.18 Å². The number of nitrogens with zero attached hydrogens (tertiary/aromatic N) is 2. The fraction of sp³-hybridized carbons (Fsp3) is 0.444. The second-order valence-electron chi connectivity index (χ2n) is 6.68. The maximum absolute atomic E-state index is 13.5. The summed E-state index contributed by atoms with van der Waals surface area (Å²) < 4.78 is 21.2. The summed E-state index contributed by atoms with van der Waals surface area (Å²) in [6.07, 6.45) is 3.56. The quantitative estimate of drug-likeness (QED) is 0.340. The van der Waals surface area contributed by atoms with E-state index in [1.54, 1.807) is 13.0 Å². The highest BCUT2D eigenvalue weighted by Crippen LogP contribution is 2.46. The van der Waals surface area contributed by atoms with E-state index in [4.69, 9.17) is 4.74 Å². The molecule has 0 unspecified atom stereocenters. The Morgan fingerprint density at radius 1 is 1.40 bits per heavy atom. The topological polar surface area (TPSA) is 70.8 Å². The second kappa shape index (κ2) is 6.74. The molecule has 1 aromatic rings. The fourth-order valence-corrected chi connectivity index (χ4v) is 2.71. The number of aryl methyl sites for hydroxylation is 1. The smallest absolute Gasteiger partial charge is 0.317 e. The Balaban J connectivity index is 1.72. The molecule has 1 saturated carbocycles. The highest BCUT2D eigenvalue weighted by atomic mass is 19.1. The van der Waals surface area contributed by atoms with Gasteiger partial charge in [-0.15, -0.1) is 0 Å². The zero-order valence-corrected chi connectivity index (χ0v) is 14.3. The Morgan fingerprint density at radius 2 is 2.16 bits per heavy atom. The summed E-state index contributed by atoms with van der Waals surface area (Å²) in [5, 5.41) is 5.65. The average molecular weight is 346 g/mol. The van der Waals surface area contributed by atoms with E-state index < -0.39 is 11.7 Å². The van der Waals surface area contributed by atoms with Gasteiger partial charge in [-0.2, -0.15) is 9.48 Å². The first-order chi connectivity index (χ1) is 12.0. The lowest BCUT2D eigenvalue weighted by molar-refractivity contribution is -0.401. The average Bonchev–Trinajstić information content (AvgIpc) is 3.44. The van der Waals surface area contributed by atoms with Gasteiger partial charge >= 0.3 is 5.70 Å². The number of hydrogen-bond donors (Lipinski definition) is 1. The van der Waals surface area contributed by atoms with E-state index in [0.29, 0.717) is 16.9 Å². The molecule has 132 valence electrons. The van der Waals surface area contributed by atoms with Gasteiger partial charge in [-0.25, -0.2) is 4.39 Å². The molecular formula is C18H21FN3O3+. The van der Waals surface area contributed by atoms with Gasteiger partial charge in [-0.3, -0.25) is 4.79 Å². The Morgan fingerprint density at radius 3 is 2.72 bits per heavy atom. The van der Waals surface area contributed by atoms with Crippen LogP contribution in [-0.2, 0) is 9.53 Å². The number of carbonyl (C=O) groups is 1. The molecule has 6 nitrogen and oxygen atoms in total. The Labute approximate surface area is 145 Å². The van der Waals surface area contributed by atoms with Crippen LogP contribution in [0.3, 0.4) is 0 Å². The summed E-state index contributed by atoms with van der Waals surface area (Å²) in [7, 11) is 0. The molecule has 7 heteroatoms. The third kappa shape index (κ3) is 4.10. The van der Waals surface area contributed by atoms with Crippen LogP contribution in [0.15, 0.2) is 34.8 Å². The third-order valence-corrected chi connectivity index (χ3v) is 4.48. The zero-order valence-electron chi connectivity index (χ0n) is 14.3. The minimum absolute atomic E-state index is 0.195. The van der Waals surface area contributed by atoms with Gasteiger partial charge in [0.25, 0.3) is 11.7 Å². The molecule has 1 aliphatic heterocycles. The summed E-state index contributed by atoms with van der Waals surface area (Å²) in [6.45, 7) is 4.93. The number of allylic oxidation sites excluding steroid dienone is 1. The van der Waals surface area contributed by atoms with Crippen molar-refractivity contribution in [1.29, 1.82) is 0 Å². The number of carbonyl (C=O) groups excluding carboxylic acids is 1. The van der Waals surface area contributed by atoms with Crippen LogP contribution in [0.4, 0.5) is 10.1 Å². The lowest BCUT2D eigenvalue weighted by atomic mass is 10.1. The predicted molar refractivity (Wildman–Crippen MR) is 91.9 cm³/mol. The van der Waals surface area contributed by atoms with Crippen LogP contribution in [0, 0.1) is 23.1 Å². The molecule has 0 radical (unpaired) electrons. The maximum Gasteiger partial charge on any atom is 0.317 e. The number of anilines is 1. The summed E-state index contributed by atoms with van der Waals surface area (Å²) >= 11 is 0. The first-order valence-corrected chi connectivity index (χ1v) is 8.32. The van der Waals surface area contributed by atoms with Gasteiger partial charge < -0.3 is 10.1 Å². The van der Waals surface area contributed by atoms with Gasteiger partial charge in [-0.05, 0) is 50.5 Å².